The summed E-state index contributed by atoms with van der Waals surface area (Å²) in [6.07, 6.45) is 3.71. The van der Waals surface area contributed by atoms with E-state index in [1.807, 2.05) is 6.92 Å². The van der Waals surface area contributed by atoms with Crippen LogP contribution in [0.5, 0.6) is 0 Å². The molecule has 0 aliphatic carbocycles. The van der Waals surface area contributed by atoms with Crippen molar-refractivity contribution in [3.63, 3.8) is 0 Å². The van der Waals surface area contributed by atoms with E-state index < -0.39 is 10.5 Å². The van der Waals surface area contributed by atoms with Gasteiger partial charge in [0, 0.05) is 12.1 Å². The van der Waals surface area contributed by atoms with Gasteiger partial charge in [-0.3, -0.25) is 19.7 Å². The molecule has 108 valence electrons. The van der Waals surface area contributed by atoms with Crippen LogP contribution in [0.3, 0.4) is 0 Å². The van der Waals surface area contributed by atoms with Gasteiger partial charge in [0.1, 0.15) is 10.7 Å². The van der Waals surface area contributed by atoms with E-state index in [-0.39, 0.29) is 21.9 Å². The molecule has 0 atom stereocenters. The van der Waals surface area contributed by atoms with Crippen molar-refractivity contribution in [2.24, 2.45) is 0 Å². The van der Waals surface area contributed by atoms with Gasteiger partial charge in [0.25, 0.3) is 16.8 Å². The number of nitro benzene ring substituents is 1. The van der Waals surface area contributed by atoms with Crippen LogP contribution in [-0.2, 0) is 0 Å². The van der Waals surface area contributed by atoms with Crippen molar-refractivity contribution >= 4 is 17.8 Å². The number of nitrogens with one attached hydrogen (secondary N) is 2. The van der Waals surface area contributed by atoms with Gasteiger partial charge in [0.05, 0.1) is 4.92 Å². The third-order valence-corrected chi connectivity index (χ3v) is 2.81. The topological polar surface area (TPSA) is 109 Å². The summed E-state index contributed by atoms with van der Waals surface area (Å²) >= 11 is 0. The Morgan fingerprint density at radius 3 is 2.24 bits per heavy atom. The number of benzene rings is 1. The van der Waals surface area contributed by atoms with E-state index in [4.69, 9.17) is 0 Å². The first-order chi connectivity index (χ1) is 10.0. The average Bonchev–Trinajstić information content (AvgIpc) is 2.45. The lowest BCUT2D eigenvalue weighted by Crippen LogP contribution is -2.46. The molecule has 0 saturated heterocycles. The quantitative estimate of drug-likeness (QED) is 0.611. The Morgan fingerprint density at radius 1 is 1.10 bits per heavy atom. The van der Waals surface area contributed by atoms with E-state index in [1.165, 1.54) is 30.3 Å². The number of H-pyrrole nitrogens is 2. The van der Waals surface area contributed by atoms with E-state index in [1.54, 1.807) is 6.08 Å². The van der Waals surface area contributed by atoms with Crippen LogP contribution in [-0.4, -0.2) is 14.9 Å². The summed E-state index contributed by atoms with van der Waals surface area (Å²) in [6.45, 7) is 1.86. The van der Waals surface area contributed by atoms with Crippen LogP contribution >= 0.6 is 0 Å². The fraction of sp³-hybridized carbons (Fsp3) is 0.143. The van der Waals surface area contributed by atoms with Crippen LogP contribution in [0, 0.1) is 10.1 Å². The SMILES string of the molecule is CC/C=c1\[nH]c(=O)/c(=C/c2ccc([N+](=O)[O-])cc2)[nH]c1=O. The monoisotopic (exact) mass is 287 g/mol. The highest BCUT2D eigenvalue weighted by molar-refractivity contribution is 5.50. The Kier molecular flexibility index (Phi) is 4.13. The number of nitro groups is 1. The molecule has 0 bridgehead atoms. The Bertz CT molecular complexity index is 892. The van der Waals surface area contributed by atoms with Gasteiger partial charge in [-0.2, -0.15) is 0 Å². The molecule has 7 nitrogen and oxygen atoms in total. The van der Waals surface area contributed by atoms with E-state index in [0.29, 0.717) is 12.0 Å². The Balaban J connectivity index is 2.54. The molecule has 0 saturated carbocycles. The number of aromatic amines is 2. The molecule has 0 aliphatic heterocycles. The van der Waals surface area contributed by atoms with Crippen LogP contribution in [0.1, 0.15) is 18.9 Å². The zero-order valence-corrected chi connectivity index (χ0v) is 11.3. The lowest BCUT2D eigenvalue weighted by molar-refractivity contribution is -0.384. The number of hydrogen-bond donors (Lipinski definition) is 2. The molecule has 2 N–H and O–H groups in total. The fourth-order valence-corrected chi connectivity index (χ4v) is 1.80. The highest BCUT2D eigenvalue weighted by Gasteiger charge is 2.03. The van der Waals surface area contributed by atoms with Gasteiger partial charge in [0.15, 0.2) is 0 Å². The lowest BCUT2D eigenvalue weighted by Gasteiger charge is -1.94. The summed E-state index contributed by atoms with van der Waals surface area (Å²) in [6, 6.07) is 5.67. The number of non-ortho nitro benzene ring substituents is 1. The standard InChI is InChI=1S/C14H13N3O4/c1-2-3-11-13(18)16-12(14(19)15-11)8-9-4-6-10(7-5-9)17(20)21/h3-8H,2H2,1H3,(H,15,19)(H,16,18)/b11-3-,12-8-. The molecular formula is C14H13N3O4. The van der Waals surface area contributed by atoms with Crippen molar-refractivity contribution in [1.82, 2.24) is 9.97 Å². The van der Waals surface area contributed by atoms with Gasteiger partial charge >= 0.3 is 0 Å². The summed E-state index contributed by atoms with van der Waals surface area (Å²) in [5.41, 5.74) is -0.270. The molecule has 1 aromatic heterocycles. The molecule has 0 aliphatic rings. The first kappa shape index (κ1) is 14.4. The average molecular weight is 287 g/mol. The molecule has 2 aromatic rings. The van der Waals surface area contributed by atoms with Crippen molar-refractivity contribution in [2.75, 3.05) is 0 Å². The van der Waals surface area contributed by atoms with Crippen molar-refractivity contribution in [3.05, 3.63) is 71.3 Å². The lowest BCUT2D eigenvalue weighted by atomic mass is 10.2. The molecule has 21 heavy (non-hydrogen) atoms. The number of aromatic nitrogens is 2. The van der Waals surface area contributed by atoms with Crippen LogP contribution in [0.4, 0.5) is 5.69 Å². The number of nitrogens with zero attached hydrogens (tertiary/aromatic N) is 1. The fourth-order valence-electron chi connectivity index (χ4n) is 1.80. The van der Waals surface area contributed by atoms with Crippen molar-refractivity contribution in [1.29, 1.82) is 0 Å². The number of rotatable bonds is 3. The zero-order chi connectivity index (χ0) is 15.4. The molecule has 0 unspecified atom stereocenters. The van der Waals surface area contributed by atoms with Crippen LogP contribution in [0.15, 0.2) is 33.9 Å². The minimum Gasteiger partial charge on any atom is -0.316 e. The maximum Gasteiger partial charge on any atom is 0.272 e. The van der Waals surface area contributed by atoms with E-state index in [0.717, 1.165) is 0 Å². The number of hydrogen-bond acceptors (Lipinski definition) is 4. The van der Waals surface area contributed by atoms with Crippen molar-refractivity contribution < 1.29 is 4.92 Å². The predicted octanol–water partition coefficient (Wildman–Crippen LogP) is -0.00930. The van der Waals surface area contributed by atoms with Crippen LogP contribution < -0.4 is 21.8 Å². The zero-order valence-electron chi connectivity index (χ0n) is 11.3. The van der Waals surface area contributed by atoms with Crippen molar-refractivity contribution in [3.8, 4) is 0 Å². The van der Waals surface area contributed by atoms with Gasteiger partial charge in [-0.1, -0.05) is 13.0 Å². The molecule has 7 heteroatoms. The van der Waals surface area contributed by atoms with E-state index in [9.17, 15) is 19.7 Å². The third-order valence-electron chi connectivity index (χ3n) is 2.81. The largest absolute Gasteiger partial charge is 0.316 e. The Morgan fingerprint density at radius 2 is 1.67 bits per heavy atom. The van der Waals surface area contributed by atoms with Gasteiger partial charge in [-0.25, -0.2) is 0 Å². The van der Waals surface area contributed by atoms with Crippen molar-refractivity contribution in [2.45, 2.75) is 13.3 Å². The van der Waals surface area contributed by atoms with Gasteiger partial charge in [-0.05, 0) is 30.2 Å². The highest BCUT2D eigenvalue weighted by atomic mass is 16.6. The summed E-state index contributed by atoms with van der Waals surface area (Å²) in [4.78, 5) is 38.7. The molecule has 2 rings (SSSR count). The molecule has 1 heterocycles. The second-order valence-corrected chi connectivity index (χ2v) is 4.34. The Hall–Kier alpha value is -2.96. The molecule has 0 spiro atoms. The molecular weight excluding hydrogens is 274 g/mol. The predicted molar refractivity (Wildman–Crippen MR) is 78.4 cm³/mol. The molecule has 0 fully saturated rings. The summed E-state index contributed by atoms with van der Waals surface area (Å²) in [5, 5.41) is 10.9. The second-order valence-electron chi connectivity index (χ2n) is 4.34. The minimum absolute atomic E-state index is 0.0394. The maximum absolute atomic E-state index is 11.9. The van der Waals surface area contributed by atoms with Gasteiger partial charge < -0.3 is 9.97 Å². The normalized spacial score (nSPS) is 12.6. The first-order valence-electron chi connectivity index (χ1n) is 6.30. The van der Waals surface area contributed by atoms with Crippen LogP contribution in [0.25, 0.3) is 12.2 Å². The highest BCUT2D eigenvalue weighted by Crippen LogP contribution is 2.11. The molecule has 1 aromatic carbocycles. The smallest absolute Gasteiger partial charge is 0.272 e. The summed E-state index contributed by atoms with van der Waals surface area (Å²) < 4.78 is 0. The molecule has 0 amide bonds. The van der Waals surface area contributed by atoms with Crippen LogP contribution in [0.2, 0.25) is 0 Å². The van der Waals surface area contributed by atoms with Gasteiger partial charge in [-0.15, -0.1) is 0 Å². The second kappa shape index (κ2) is 6.00. The molecule has 0 radical (unpaired) electrons. The van der Waals surface area contributed by atoms with E-state index in [2.05, 4.69) is 9.97 Å². The minimum atomic E-state index is -0.506. The summed E-state index contributed by atoms with van der Waals surface area (Å²) in [5.74, 6) is 0. The van der Waals surface area contributed by atoms with Gasteiger partial charge in [0.2, 0.25) is 0 Å². The van der Waals surface area contributed by atoms with E-state index >= 15 is 0 Å². The Labute approximate surface area is 118 Å². The third kappa shape index (κ3) is 3.33. The first-order valence-corrected chi connectivity index (χ1v) is 6.30. The summed E-state index contributed by atoms with van der Waals surface area (Å²) in [7, 11) is 0. The maximum atomic E-state index is 11.9.